The van der Waals surface area contributed by atoms with E-state index in [9.17, 15) is 9.59 Å². The first-order chi connectivity index (χ1) is 10.7. The first-order valence-corrected chi connectivity index (χ1v) is 8.99. The Morgan fingerprint density at radius 2 is 1.18 bits per heavy atom. The van der Waals surface area contributed by atoms with Gasteiger partial charge in [-0.3, -0.25) is 4.79 Å². The van der Waals surface area contributed by atoms with Crippen LogP contribution in [0.4, 0.5) is 0 Å². The zero-order chi connectivity index (χ0) is 16.5. The maximum atomic E-state index is 11.5. The van der Waals surface area contributed by atoms with Gasteiger partial charge in [-0.1, -0.05) is 77.6 Å². The summed E-state index contributed by atoms with van der Waals surface area (Å²) >= 11 is 0. The molecule has 128 valence electrons. The molecule has 0 radical (unpaired) electrons. The van der Waals surface area contributed by atoms with Crippen LogP contribution in [0.25, 0.3) is 0 Å². The van der Waals surface area contributed by atoms with E-state index in [-0.39, 0.29) is 5.78 Å². The number of hydrogen-bond donors (Lipinski definition) is 0. The smallest absolute Gasteiger partial charge is 0.330 e. The first kappa shape index (κ1) is 20.9. The molecule has 0 rings (SSSR count). The fraction of sp³-hybridized carbons (Fsp3) is 0.789. The highest BCUT2D eigenvalue weighted by atomic mass is 16.5. The van der Waals surface area contributed by atoms with Crippen molar-refractivity contribution in [3.05, 3.63) is 12.2 Å². The van der Waals surface area contributed by atoms with Crippen LogP contribution in [-0.4, -0.2) is 18.9 Å². The van der Waals surface area contributed by atoms with Crippen molar-refractivity contribution in [2.45, 2.75) is 90.4 Å². The minimum atomic E-state index is -0.469. The van der Waals surface area contributed by atoms with Gasteiger partial charge in [-0.05, 0) is 12.5 Å². The predicted molar refractivity (Wildman–Crippen MR) is 91.9 cm³/mol. The third kappa shape index (κ3) is 15.3. The Hall–Kier alpha value is -1.12. The van der Waals surface area contributed by atoms with E-state index in [4.69, 9.17) is 0 Å². The summed E-state index contributed by atoms with van der Waals surface area (Å²) in [5, 5.41) is 0. The van der Waals surface area contributed by atoms with Crippen molar-refractivity contribution >= 4 is 11.8 Å². The number of esters is 1. The monoisotopic (exact) mass is 310 g/mol. The number of unbranched alkanes of at least 4 members (excludes halogenated alkanes) is 11. The van der Waals surface area contributed by atoms with Crippen molar-refractivity contribution in [1.82, 2.24) is 0 Å². The maximum Gasteiger partial charge on any atom is 0.330 e. The van der Waals surface area contributed by atoms with Crippen LogP contribution in [0, 0.1) is 0 Å². The molecule has 22 heavy (non-hydrogen) atoms. The second-order valence-electron chi connectivity index (χ2n) is 5.96. The van der Waals surface area contributed by atoms with Gasteiger partial charge in [0.1, 0.15) is 0 Å². The molecule has 0 atom stereocenters. The van der Waals surface area contributed by atoms with E-state index in [1.165, 1.54) is 83.5 Å². The van der Waals surface area contributed by atoms with Crippen molar-refractivity contribution < 1.29 is 14.3 Å². The second kappa shape index (κ2) is 16.3. The van der Waals surface area contributed by atoms with Crippen LogP contribution in [0.2, 0.25) is 0 Å². The summed E-state index contributed by atoms with van der Waals surface area (Å²) in [6.45, 7) is 2.25. The van der Waals surface area contributed by atoms with E-state index in [0.29, 0.717) is 6.42 Å². The first-order valence-electron chi connectivity index (χ1n) is 8.99. The summed E-state index contributed by atoms with van der Waals surface area (Å²) in [5.41, 5.74) is 0. The lowest BCUT2D eigenvalue weighted by Crippen LogP contribution is -1.98. The largest absolute Gasteiger partial charge is 0.466 e. The molecule has 3 heteroatoms. The third-order valence-electron chi connectivity index (χ3n) is 3.88. The normalized spacial score (nSPS) is 11.0. The van der Waals surface area contributed by atoms with Crippen molar-refractivity contribution in [2.75, 3.05) is 7.11 Å². The van der Waals surface area contributed by atoms with Gasteiger partial charge in [0.2, 0.25) is 0 Å². The van der Waals surface area contributed by atoms with E-state index >= 15 is 0 Å². The molecule has 0 aromatic heterocycles. The topological polar surface area (TPSA) is 43.4 Å². The minimum absolute atomic E-state index is 0.0116. The van der Waals surface area contributed by atoms with Gasteiger partial charge in [0.05, 0.1) is 7.11 Å². The molecule has 0 aromatic rings. The quantitative estimate of drug-likeness (QED) is 0.232. The Kier molecular flexibility index (Phi) is 15.4. The van der Waals surface area contributed by atoms with Crippen molar-refractivity contribution in [3.8, 4) is 0 Å². The molecule has 0 saturated heterocycles. The lowest BCUT2D eigenvalue weighted by atomic mass is 10.0. The van der Waals surface area contributed by atoms with E-state index < -0.39 is 5.97 Å². The molecule has 3 nitrogen and oxygen atoms in total. The zero-order valence-electron chi connectivity index (χ0n) is 14.6. The highest BCUT2D eigenvalue weighted by Gasteiger charge is 1.99. The molecular weight excluding hydrogens is 276 g/mol. The van der Waals surface area contributed by atoms with Gasteiger partial charge in [-0.25, -0.2) is 4.79 Å². The fourth-order valence-electron chi connectivity index (χ4n) is 2.45. The molecule has 0 aromatic carbocycles. The second-order valence-corrected chi connectivity index (χ2v) is 5.96. The van der Waals surface area contributed by atoms with Crippen LogP contribution in [0.1, 0.15) is 90.4 Å². The molecular formula is C19H34O3. The lowest BCUT2D eigenvalue weighted by Gasteiger charge is -2.02. The van der Waals surface area contributed by atoms with Crippen molar-refractivity contribution in [2.24, 2.45) is 0 Å². The Morgan fingerprint density at radius 1 is 0.727 bits per heavy atom. The number of allylic oxidation sites excluding steroid dienone is 1. The van der Waals surface area contributed by atoms with E-state index in [1.54, 1.807) is 0 Å². The number of ether oxygens (including phenoxy) is 1. The Bertz CT molecular complexity index is 308. The van der Waals surface area contributed by atoms with E-state index in [2.05, 4.69) is 11.7 Å². The van der Waals surface area contributed by atoms with Crippen LogP contribution >= 0.6 is 0 Å². The Morgan fingerprint density at radius 3 is 1.64 bits per heavy atom. The van der Waals surface area contributed by atoms with Crippen molar-refractivity contribution in [3.63, 3.8) is 0 Å². The highest BCUT2D eigenvalue weighted by molar-refractivity contribution is 5.95. The SMILES string of the molecule is CCCCCCCCCCCCCCC(=O)/C=C/C(=O)OC. The molecule has 0 amide bonds. The Labute approximate surface area is 136 Å². The molecule has 0 aliphatic heterocycles. The zero-order valence-corrected chi connectivity index (χ0v) is 14.6. The van der Waals surface area contributed by atoms with Crippen LogP contribution in [0.5, 0.6) is 0 Å². The van der Waals surface area contributed by atoms with Gasteiger partial charge in [0, 0.05) is 12.5 Å². The Balaban J connectivity index is 3.25. The van der Waals surface area contributed by atoms with Gasteiger partial charge in [0.15, 0.2) is 5.78 Å². The molecule has 0 spiro atoms. The summed E-state index contributed by atoms with van der Waals surface area (Å²) in [5.74, 6) is -0.458. The van der Waals surface area contributed by atoms with Crippen LogP contribution in [0.3, 0.4) is 0 Å². The highest BCUT2D eigenvalue weighted by Crippen LogP contribution is 2.12. The number of carbonyl (C=O) groups is 2. The number of hydrogen-bond acceptors (Lipinski definition) is 3. The van der Waals surface area contributed by atoms with Crippen molar-refractivity contribution in [1.29, 1.82) is 0 Å². The molecule has 0 unspecified atom stereocenters. The molecule has 0 fully saturated rings. The summed E-state index contributed by atoms with van der Waals surface area (Å²) in [6, 6.07) is 0. The van der Waals surface area contributed by atoms with Crippen LogP contribution in [0.15, 0.2) is 12.2 Å². The van der Waals surface area contributed by atoms with E-state index in [1.807, 2.05) is 0 Å². The van der Waals surface area contributed by atoms with Gasteiger partial charge in [-0.15, -0.1) is 0 Å². The average Bonchev–Trinajstić information content (AvgIpc) is 2.53. The third-order valence-corrected chi connectivity index (χ3v) is 3.88. The summed E-state index contributed by atoms with van der Waals surface area (Å²) in [6.07, 6.45) is 18.5. The molecule has 0 saturated carbocycles. The maximum absolute atomic E-state index is 11.5. The van der Waals surface area contributed by atoms with E-state index in [0.717, 1.165) is 12.8 Å². The predicted octanol–water partition coefficient (Wildman–Crippen LogP) is 5.38. The average molecular weight is 310 g/mol. The molecule has 0 bridgehead atoms. The molecule has 0 aliphatic rings. The fourth-order valence-corrected chi connectivity index (χ4v) is 2.45. The minimum Gasteiger partial charge on any atom is -0.466 e. The van der Waals surface area contributed by atoms with Crippen LogP contribution < -0.4 is 0 Å². The van der Waals surface area contributed by atoms with Gasteiger partial charge in [0.25, 0.3) is 0 Å². The number of rotatable bonds is 15. The van der Waals surface area contributed by atoms with Crippen LogP contribution in [-0.2, 0) is 14.3 Å². The lowest BCUT2D eigenvalue weighted by molar-refractivity contribution is -0.135. The summed E-state index contributed by atoms with van der Waals surface area (Å²) in [7, 11) is 1.31. The molecule has 0 aliphatic carbocycles. The molecule has 0 heterocycles. The van der Waals surface area contributed by atoms with Gasteiger partial charge < -0.3 is 4.74 Å². The molecule has 0 N–H and O–H groups in total. The van der Waals surface area contributed by atoms with Gasteiger partial charge >= 0.3 is 5.97 Å². The standard InChI is InChI=1S/C19H34O3/c1-3-4-5-6-7-8-9-10-11-12-13-14-15-18(20)16-17-19(21)22-2/h16-17H,3-15H2,1-2H3/b17-16+. The summed E-state index contributed by atoms with van der Waals surface area (Å²) in [4.78, 5) is 22.3. The summed E-state index contributed by atoms with van der Waals surface area (Å²) < 4.78 is 4.44. The number of methoxy groups -OCH3 is 1. The van der Waals surface area contributed by atoms with Gasteiger partial charge in [-0.2, -0.15) is 0 Å². The number of carbonyl (C=O) groups excluding carboxylic acids is 2. The number of ketones is 1.